The maximum atomic E-state index is 11.1. The van der Waals surface area contributed by atoms with Gasteiger partial charge in [-0.3, -0.25) is 0 Å². The van der Waals surface area contributed by atoms with Crippen LogP contribution in [0.4, 0.5) is 0 Å². The van der Waals surface area contributed by atoms with E-state index in [0.29, 0.717) is 11.3 Å². The molecule has 0 aliphatic carbocycles. The molecule has 1 aromatic heterocycles. The molecule has 0 saturated carbocycles. The number of carbonyl (C=O) groups excluding carboxylic acids is 1. The van der Waals surface area contributed by atoms with E-state index < -0.39 is 5.97 Å². The molecule has 0 bridgehead atoms. The fraction of sp³-hybridized carbons (Fsp3) is 0.100. The molecule has 1 heterocycles. The van der Waals surface area contributed by atoms with Crippen LogP contribution in [0.1, 0.15) is 16.3 Å². The molecule has 0 aliphatic heterocycles. The molecule has 0 amide bonds. The summed E-state index contributed by atoms with van der Waals surface area (Å²) in [7, 11) is 1.26. The van der Waals surface area contributed by atoms with Gasteiger partial charge in [-0.05, 0) is 18.2 Å². The minimum Gasteiger partial charge on any atom is -0.463 e. The van der Waals surface area contributed by atoms with Crippen LogP contribution in [0.15, 0.2) is 22.6 Å². The second-order valence-electron chi connectivity index (χ2n) is 2.59. The second-order valence-corrected chi connectivity index (χ2v) is 2.59. The summed E-state index contributed by atoms with van der Waals surface area (Å²) in [4.78, 5) is 11.1. The summed E-state index contributed by atoms with van der Waals surface area (Å²) in [6.07, 6.45) is 3.48. The Labute approximate surface area is 86.4 Å². The van der Waals surface area contributed by atoms with E-state index in [1.165, 1.54) is 19.3 Å². The molecule has 1 rings (SSSR count). The molecule has 2 N–H and O–H groups in total. The topological polar surface area (TPSA) is 87.1 Å². The third-order valence-corrected chi connectivity index (χ3v) is 1.70. The second kappa shape index (κ2) is 4.90. The molecule has 78 valence electrons. The number of nitrogens with one attached hydrogen (secondary N) is 2. The normalized spacial score (nSPS) is 10.9. The summed E-state index contributed by atoms with van der Waals surface area (Å²) in [5.41, 5.74) is 0.417. The van der Waals surface area contributed by atoms with Gasteiger partial charge in [-0.25, -0.2) is 4.79 Å². The highest BCUT2D eigenvalue weighted by atomic mass is 16.5. The summed E-state index contributed by atoms with van der Waals surface area (Å²) in [6.45, 7) is 0. The van der Waals surface area contributed by atoms with E-state index >= 15 is 0 Å². The first-order valence-electron chi connectivity index (χ1n) is 4.12. The number of hydrogen-bond acceptors (Lipinski definition) is 5. The highest BCUT2D eigenvalue weighted by molar-refractivity contribution is 6.11. The van der Waals surface area contributed by atoms with Gasteiger partial charge in [0.1, 0.15) is 5.76 Å². The van der Waals surface area contributed by atoms with Crippen molar-refractivity contribution >= 4 is 24.0 Å². The van der Waals surface area contributed by atoms with E-state index in [9.17, 15) is 4.79 Å². The van der Waals surface area contributed by atoms with Crippen molar-refractivity contribution in [2.24, 2.45) is 0 Å². The Balaban J connectivity index is 3.02. The molecule has 15 heavy (non-hydrogen) atoms. The van der Waals surface area contributed by atoms with Crippen molar-refractivity contribution in [3.05, 3.63) is 29.7 Å². The van der Waals surface area contributed by atoms with E-state index in [0.717, 1.165) is 12.4 Å². The fourth-order valence-corrected chi connectivity index (χ4v) is 0.994. The molecular formula is C10H10N2O3. The lowest BCUT2D eigenvalue weighted by Crippen LogP contribution is -1.98. The molecular weight excluding hydrogens is 196 g/mol. The van der Waals surface area contributed by atoms with E-state index in [1.54, 1.807) is 6.07 Å². The quantitative estimate of drug-likeness (QED) is 0.581. The zero-order chi connectivity index (χ0) is 11.3. The number of esters is 1. The number of hydrogen-bond donors (Lipinski definition) is 2. The van der Waals surface area contributed by atoms with Crippen molar-refractivity contribution in [2.45, 2.75) is 0 Å². The standard InChI is InChI=1S/C10H10N2O3/c1-14-10(13)9-3-2-8(15-9)7(6-12)4-5-11/h2-6,11-12H,1H3. The molecule has 0 spiro atoms. The summed E-state index contributed by atoms with van der Waals surface area (Å²) in [5, 5.41) is 14.0. The molecule has 0 saturated heterocycles. The minimum absolute atomic E-state index is 0.0743. The zero-order valence-corrected chi connectivity index (χ0v) is 8.11. The largest absolute Gasteiger partial charge is 0.463 e. The van der Waals surface area contributed by atoms with E-state index in [4.69, 9.17) is 15.2 Å². The average Bonchev–Trinajstić information content (AvgIpc) is 2.73. The Morgan fingerprint density at radius 1 is 1.40 bits per heavy atom. The van der Waals surface area contributed by atoms with Gasteiger partial charge in [0.05, 0.1) is 7.11 Å². The lowest BCUT2D eigenvalue weighted by atomic mass is 10.2. The Kier molecular flexibility index (Phi) is 3.56. The number of rotatable bonds is 4. The lowest BCUT2D eigenvalue weighted by Gasteiger charge is -1.95. The Hall–Kier alpha value is -2.17. The van der Waals surface area contributed by atoms with Crippen molar-refractivity contribution in [1.82, 2.24) is 0 Å². The van der Waals surface area contributed by atoms with Crippen LogP contribution in [0.25, 0.3) is 5.57 Å². The highest BCUT2D eigenvalue weighted by Gasteiger charge is 2.12. The smallest absolute Gasteiger partial charge is 0.373 e. The van der Waals surface area contributed by atoms with Crippen LogP contribution >= 0.6 is 0 Å². The van der Waals surface area contributed by atoms with Gasteiger partial charge >= 0.3 is 5.97 Å². The number of allylic oxidation sites excluding steroid dienone is 2. The Morgan fingerprint density at radius 3 is 2.60 bits per heavy atom. The minimum atomic E-state index is -0.569. The molecule has 5 nitrogen and oxygen atoms in total. The van der Waals surface area contributed by atoms with Crippen molar-refractivity contribution < 1.29 is 13.9 Å². The van der Waals surface area contributed by atoms with Crippen LogP contribution in [0, 0.1) is 10.8 Å². The van der Waals surface area contributed by atoms with Crippen LogP contribution in [0.5, 0.6) is 0 Å². The van der Waals surface area contributed by atoms with E-state index in [1.807, 2.05) is 0 Å². The van der Waals surface area contributed by atoms with Crippen molar-refractivity contribution in [2.75, 3.05) is 7.11 Å². The number of methoxy groups -OCH3 is 1. The molecule has 5 heteroatoms. The Morgan fingerprint density at radius 2 is 2.07 bits per heavy atom. The molecule has 0 radical (unpaired) electrons. The fourth-order valence-electron chi connectivity index (χ4n) is 0.994. The van der Waals surface area contributed by atoms with Gasteiger partial charge in [0, 0.05) is 18.0 Å². The third-order valence-electron chi connectivity index (χ3n) is 1.70. The maximum Gasteiger partial charge on any atom is 0.373 e. The van der Waals surface area contributed by atoms with E-state index in [-0.39, 0.29) is 5.76 Å². The molecule has 0 aliphatic rings. The SMILES string of the molecule is COC(=O)c1ccc(C(C=N)=CC=N)o1. The molecule has 1 aromatic rings. The molecule has 0 fully saturated rings. The summed E-state index contributed by atoms with van der Waals surface area (Å²) in [6, 6.07) is 3.01. The molecule has 0 aromatic carbocycles. The Bertz CT molecular complexity index is 418. The van der Waals surface area contributed by atoms with Gasteiger partial charge in [0.25, 0.3) is 0 Å². The van der Waals surface area contributed by atoms with Gasteiger partial charge < -0.3 is 20.0 Å². The van der Waals surface area contributed by atoms with Gasteiger partial charge in [0.2, 0.25) is 5.76 Å². The van der Waals surface area contributed by atoms with Crippen LogP contribution in [0.3, 0.4) is 0 Å². The van der Waals surface area contributed by atoms with Crippen molar-refractivity contribution in [3.8, 4) is 0 Å². The first-order valence-corrected chi connectivity index (χ1v) is 4.12. The maximum absolute atomic E-state index is 11.1. The number of furan rings is 1. The summed E-state index contributed by atoms with van der Waals surface area (Å²) < 4.78 is 9.61. The molecule has 0 unspecified atom stereocenters. The summed E-state index contributed by atoms with van der Waals surface area (Å²) in [5.74, 6) is -0.139. The first kappa shape index (κ1) is 10.9. The number of carbonyl (C=O) groups is 1. The first-order chi connectivity index (χ1) is 7.22. The van der Waals surface area contributed by atoms with Crippen LogP contribution in [-0.4, -0.2) is 25.5 Å². The van der Waals surface area contributed by atoms with Crippen molar-refractivity contribution in [1.29, 1.82) is 10.8 Å². The van der Waals surface area contributed by atoms with Gasteiger partial charge in [-0.1, -0.05) is 0 Å². The highest BCUT2D eigenvalue weighted by Crippen LogP contribution is 2.16. The zero-order valence-electron chi connectivity index (χ0n) is 8.11. The van der Waals surface area contributed by atoms with Crippen LogP contribution < -0.4 is 0 Å². The van der Waals surface area contributed by atoms with Gasteiger partial charge in [-0.2, -0.15) is 0 Å². The predicted molar refractivity (Wildman–Crippen MR) is 55.6 cm³/mol. The van der Waals surface area contributed by atoms with Crippen LogP contribution in [-0.2, 0) is 4.74 Å². The average molecular weight is 206 g/mol. The van der Waals surface area contributed by atoms with E-state index in [2.05, 4.69) is 4.74 Å². The predicted octanol–water partition coefficient (Wildman–Crippen LogP) is 1.75. The summed E-state index contributed by atoms with van der Waals surface area (Å²) >= 11 is 0. The van der Waals surface area contributed by atoms with Gasteiger partial charge in [0.15, 0.2) is 0 Å². The third kappa shape index (κ3) is 2.40. The van der Waals surface area contributed by atoms with Crippen LogP contribution in [0.2, 0.25) is 0 Å². The number of ether oxygens (including phenoxy) is 1. The van der Waals surface area contributed by atoms with Gasteiger partial charge in [-0.15, -0.1) is 0 Å². The monoisotopic (exact) mass is 206 g/mol. The molecule has 0 atom stereocenters. The lowest BCUT2D eigenvalue weighted by molar-refractivity contribution is 0.0564. The van der Waals surface area contributed by atoms with Crippen molar-refractivity contribution in [3.63, 3.8) is 0 Å².